The van der Waals surface area contributed by atoms with Crippen LogP contribution in [0.2, 0.25) is 0 Å². The second-order valence-electron chi connectivity index (χ2n) is 4.88. The van der Waals surface area contributed by atoms with E-state index in [9.17, 15) is 5.11 Å². The maximum Gasteiger partial charge on any atom is 0.113 e. The lowest BCUT2D eigenvalue weighted by molar-refractivity contribution is -0.0357. The molecule has 1 aliphatic rings. The molecule has 0 bridgehead atoms. The van der Waals surface area contributed by atoms with E-state index in [2.05, 4.69) is 25.1 Å². The molecule has 3 rings (SSSR count). The summed E-state index contributed by atoms with van der Waals surface area (Å²) >= 11 is 0. The molecule has 0 unspecified atom stereocenters. The predicted octanol–water partition coefficient (Wildman–Crippen LogP) is 3.74. The van der Waals surface area contributed by atoms with Crippen molar-refractivity contribution < 1.29 is 9.84 Å². The van der Waals surface area contributed by atoms with Gasteiger partial charge in [0.2, 0.25) is 0 Å². The van der Waals surface area contributed by atoms with E-state index in [0.29, 0.717) is 6.61 Å². The lowest BCUT2D eigenvalue weighted by Gasteiger charge is -2.17. The van der Waals surface area contributed by atoms with Gasteiger partial charge in [0, 0.05) is 6.61 Å². The number of hydrogen-bond donors (Lipinski definition) is 1. The number of aliphatic hydroxyl groups excluding tert-OH is 1. The molecule has 0 radical (unpaired) electrons. The highest BCUT2D eigenvalue weighted by atomic mass is 16.5. The molecule has 0 spiro atoms. The van der Waals surface area contributed by atoms with E-state index in [4.69, 9.17) is 4.74 Å². The van der Waals surface area contributed by atoms with Crippen LogP contribution in [0.4, 0.5) is 0 Å². The minimum atomic E-state index is -0.525. The molecule has 94 valence electrons. The smallest absolute Gasteiger partial charge is 0.113 e. The summed E-state index contributed by atoms with van der Waals surface area (Å²) < 4.78 is 5.88. The van der Waals surface area contributed by atoms with Crippen LogP contribution in [0.5, 0.6) is 0 Å². The van der Waals surface area contributed by atoms with Gasteiger partial charge in [-0.05, 0) is 28.3 Å². The van der Waals surface area contributed by atoms with Crippen molar-refractivity contribution in [1.29, 1.82) is 0 Å². The summed E-state index contributed by atoms with van der Waals surface area (Å²) in [5.74, 6) is 0. The van der Waals surface area contributed by atoms with Gasteiger partial charge in [0.15, 0.2) is 0 Å². The van der Waals surface area contributed by atoms with E-state index in [1.807, 2.05) is 18.2 Å². The normalized spacial score (nSPS) is 21.7. The van der Waals surface area contributed by atoms with Gasteiger partial charge in [-0.15, -0.1) is 0 Å². The number of unbranched alkanes of at least 4 members (excludes halogenated alkanes) is 1. The quantitative estimate of drug-likeness (QED) is 0.827. The number of ether oxygens (including phenoxy) is 1. The van der Waals surface area contributed by atoms with Gasteiger partial charge in [-0.3, -0.25) is 0 Å². The fourth-order valence-corrected chi connectivity index (χ4v) is 2.75. The van der Waals surface area contributed by atoms with Crippen LogP contribution in [-0.2, 0) is 4.74 Å². The van der Waals surface area contributed by atoms with Crippen LogP contribution >= 0.6 is 0 Å². The maximum absolute atomic E-state index is 10.4. The number of benzene rings is 2. The minimum Gasteiger partial charge on any atom is -0.385 e. The molecule has 2 atom stereocenters. The molecule has 2 heteroatoms. The van der Waals surface area contributed by atoms with Crippen molar-refractivity contribution in [3.63, 3.8) is 0 Å². The van der Waals surface area contributed by atoms with Gasteiger partial charge in [0.25, 0.3) is 0 Å². The Hall–Kier alpha value is -1.38. The highest BCUT2D eigenvalue weighted by Gasteiger charge is 2.33. The maximum atomic E-state index is 10.4. The summed E-state index contributed by atoms with van der Waals surface area (Å²) in [6.45, 7) is 2.85. The first-order valence-electron chi connectivity index (χ1n) is 6.64. The third-order valence-electron chi connectivity index (χ3n) is 3.68. The van der Waals surface area contributed by atoms with Gasteiger partial charge in [0.1, 0.15) is 12.2 Å². The Labute approximate surface area is 107 Å². The van der Waals surface area contributed by atoms with Crippen LogP contribution in [0, 0.1) is 0 Å². The van der Waals surface area contributed by atoms with Gasteiger partial charge in [0.05, 0.1) is 0 Å². The fourth-order valence-electron chi connectivity index (χ4n) is 2.75. The Morgan fingerprint density at radius 1 is 1.11 bits per heavy atom. The van der Waals surface area contributed by atoms with Crippen LogP contribution in [0.1, 0.15) is 43.1 Å². The van der Waals surface area contributed by atoms with E-state index in [1.54, 1.807) is 0 Å². The van der Waals surface area contributed by atoms with Gasteiger partial charge in [-0.1, -0.05) is 49.7 Å². The molecule has 0 amide bonds. The van der Waals surface area contributed by atoms with Crippen LogP contribution in [-0.4, -0.2) is 11.7 Å². The van der Waals surface area contributed by atoms with E-state index >= 15 is 0 Å². The van der Waals surface area contributed by atoms with Crippen molar-refractivity contribution in [3.05, 3.63) is 47.5 Å². The highest BCUT2D eigenvalue weighted by molar-refractivity contribution is 5.91. The molecule has 0 aliphatic heterocycles. The molecule has 1 N–H and O–H groups in total. The number of hydrogen-bond acceptors (Lipinski definition) is 2. The third-order valence-corrected chi connectivity index (χ3v) is 3.68. The average molecular weight is 242 g/mol. The van der Waals surface area contributed by atoms with E-state index in [1.165, 1.54) is 10.8 Å². The zero-order valence-corrected chi connectivity index (χ0v) is 10.6. The molecule has 0 fully saturated rings. The predicted molar refractivity (Wildman–Crippen MR) is 72.5 cm³/mol. The first-order valence-corrected chi connectivity index (χ1v) is 6.64. The second kappa shape index (κ2) is 4.71. The molecule has 0 aromatic heterocycles. The van der Waals surface area contributed by atoms with Gasteiger partial charge >= 0.3 is 0 Å². The molecule has 0 saturated heterocycles. The first kappa shape index (κ1) is 11.7. The molecule has 18 heavy (non-hydrogen) atoms. The Morgan fingerprint density at radius 2 is 1.83 bits per heavy atom. The molecule has 0 saturated carbocycles. The van der Waals surface area contributed by atoms with Crippen molar-refractivity contribution in [2.75, 3.05) is 6.61 Å². The largest absolute Gasteiger partial charge is 0.385 e. The fraction of sp³-hybridized carbons (Fsp3) is 0.375. The second-order valence-corrected chi connectivity index (χ2v) is 4.88. The van der Waals surface area contributed by atoms with E-state index < -0.39 is 6.10 Å². The number of aliphatic hydroxyl groups is 1. The zero-order valence-electron chi connectivity index (χ0n) is 10.6. The minimum absolute atomic E-state index is 0.197. The third kappa shape index (κ3) is 1.73. The lowest BCUT2D eigenvalue weighted by atomic mass is 10.1. The molecular weight excluding hydrogens is 224 g/mol. The average Bonchev–Trinajstić information content (AvgIpc) is 2.67. The Balaban J connectivity index is 2.00. The lowest BCUT2D eigenvalue weighted by Crippen LogP contribution is -2.09. The Morgan fingerprint density at radius 3 is 2.56 bits per heavy atom. The topological polar surface area (TPSA) is 29.5 Å². The van der Waals surface area contributed by atoms with Gasteiger partial charge in [-0.2, -0.15) is 0 Å². The Bertz CT molecular complexity index is 557. The van der Waals surface area contributed by atoms with Crippen molar-refractivity contribution in [2.45, 2.75) is 32.0 Å². The molecule has 2 aromatic rings. The Kier molecular flexibility index (Phi) is 3.06. The summed E-state index contributed by atoms with van der Waals surface area (Å²) in [6.07, 6.45) is 1.43. The zero-order chi connectivity index (χ0) is 12.5. The standard InChI is InChI=1S/C16H18O2/c1-2-3-10-18-16-13-9-5-7-11-6-4-8-12(14(11)13)15(16)17/h4-9,15-17H,2-3,10H2,1H3/t15-,16-/m0/s1. The molecular formula is C16H18O2. The van der Waals surface area contributed by atoms with Crippen molar-refractivity contribution in [3.8, 4) is 0 Å². The van der Waals surface area contributed by atoms with Gasteiger partial charge in [-0.25, -0.2) is 0 Å². The number of rotatable bonds is 4. The summed E-state index contributed by atoms with van der Waals surface area (Å²) in [7, 11) is 0. The van der Waals surface area contributed by atoms with Gasteiger partial charge < -0.3 is 9.84 Å². The molecule has 2 nitrogen and oxygen atoms in total. The van der Waals surface area contributed by atoms with E-state index in [-0.39, 0.29) is 6.10 Å². The molecule has 1 aliphatic carbocycles. The summed E-state index contributed by atoms with van der Waals surface area (Å²) in [5, 5.41) is 12.8. The monoisotopic (exact) mass is 242 g/mol. The van der Waals surface area contributed by atoms with Crippen LogP contribution < -0.4 is 0 Å². The van der Waals surface area contributed by atoms with Crippen LogP contribution in [0.25, 0.3) is 10.8 Å². The van der Waals surface area contributed by atoms with Crippen LogP contribution in [0.3, 0.4) is 0 Å². The highest BCUT2D eigenvalue weighted by Crippen LogP contribution is 2.45. The molecule has 2 aromatic carbocycles. The summed E-state index contributed by atoms with van der Waals surface area (Å²) in [6, 6.07) is 12.3. The van der Waals surface area contributed by atoms with E-state index in [0.717, 1.165) is 24.0 Å². The van der Waals surface area contributed by atoms with Crippen molar-refractivity contribution >= 4 is 10.8 Å². The van der Waals surface area contributed by atoms with Crippen molar-refractivity contribution in [1.82, 2.24) is 0 Å². The summed E-state index contributed by atoms with van der Waals surface area (Å²) in [5.41, 5.74) is 2.14. The summed E-state index contributed by atoms with van der Waals surface area (Å²) in [4.78, 5) is 0. The molecule has 0 heterocycles. The van der Waals surface area contributed by atoms with Crippen molar-refractivity contribution in [2.24, 2.45) is 0 Å². The SMILES string of the molecule is CCCCO[C@H]1c2cccc3cccc(c23)[C@@H]1O. The first-order chi connectivity index (χ1) is 8.83. The van der Waals surface area contributed by atoms with Crippen LogP contribution in [0.15, 0.2) is 36.4 Å².